The van der Waals surface area contributed by atoms with Gasteiger partial charge in [-0.1, -0.05) is 0 Å². The standard InChI is InChI=1S/C37H64O27/c1-8-14(40)19(45)24(50)32(54-8)60-27-11(4)57-34(63-31-23(49)18(44)13(7-39)59-37(31)64-29-21(47)16(42)10(3)56-35(29)53-5)26(52)28(27)61-36-30(22(48)17(43)12(6-38)58-36)62-33-25(51)20(46)15(41)9(2)55-33/h8-52H,6-7H2,1-5H3/t8-,9-,10-,11+,12-,13-,14-,15-,16+,17-,18-,19+,20+,21+,22+,23+,24-,25-,26-,27+,28+,29-,30-,31-,32+,33+,34+,35+,36+,37+/m1/s1. The van der Waals surface area contributed by atoms with E-state index in [2.05, 4.69) is 0 Å². The maximum Gasteiger partial charge on any atom is 0.187 e. The highest BCUT2D eigenvalue weighted by molar-refractivity contribution is 4.99. The first kappa shape index (κ1) is 52.3. The van der Waals surface area contributed by atoms with Gasteiger partial charge in [-0.05, 0) is 27.7 Å². The Balaban J connectivity index is 1.33. The van der Waals surface area contributed by atoms with Crippen LogP contribution in [-0.2, 0) is 56.8 Å². The van der Waals surface area contributed by atoms with Crippen molar-refractivity contribution < 1.29 is 133 Å². The molecule has 6 aliphatic heterocycles. The second-order valence-corrected chi connectivity index (χ2v) is 16.9. The SMILES string of the molecule is CO[C@H]1O[C@H](C)[C@H](O)[C@H](O)[C@H]1O[C@@H]1O[C@H](CO)[C@@H](O)[C@H](O)[C@H]1O[C@@H]1O[C@@H](C)[C@H](O[C@@H]2O[C@H](C)[C@@H](O)[C@H](O)[C@H]2O)[C@@H](O[C@@H]2O[C@H](CO)[C@@H](O)[C@H](O)[C@H]2O[C@@H]2O[C@H](C)[C@@H](O)[C@H](O)[C@H]2O)[C@H]1O. The number of methoxy groups -OCH3 is 1. The third-order valence-corrected chi connectivity index (χ3v) is 12.5. The van der Waals surface area contributed by atoms with Gasteiger partial charge in [0.25, 0.3) is 0 Å². The van der Waals surface area contributed by atoms with Crippen LogP contribution in [0.25, 0.3) is 0 Å². The summed E-state index contributed by atoms with van der Waals surface area (Å²) in [6.07, 6.45) is -51.2. The van der Waals surface area contributed by atoms with Crippen LogP contribution in [0.1, 0.15) is 27.7 Å². The van der Waals surface area contributed by atoms with E-state index < -0.39 is 197 Å². The second-order valence-electron chi connectivity index (χ2n) is 16.9. The molecule has 64 heavy (non-hydrogen) atoms. The van der Waals surface area contributed by atoms with Crippen molar-refractivity contribution in [3.05, 3.63) is 0 Å². The monoisotopic (exact) mass is 940 g/mol. The van der Waals surface area contributed by atoms with Crippen molar-refractivity contribution in [2.24, 2.45) is 0 Å². The van der Waals surface area contributed by atoms with Crippen molar-refractivity contribution in [3.63, 3.8) is 0 Å². The Bertz CT molecular complexity index is 1450. The Labute approximate surface area is 365 Å². The molecule has 6 heterocycles. The predicted molar refractivity (Wildman–Crippen MR) is 198 cm³/mol. The molecule has 0 unspecified atom stereocenters. The van der Waals surface area contributed by atoms with Crippen LogP contribution in [0.3, 0.4) is 0 Å². The molecule has 15 N–H and O–H groups in total. The highest BCUT2D eigenvalue weighted by atomic mass is 16.8. The topological polar surface area (TPSA) is 414 Å². The van der Waals surface area contributed by atoms with Crippen LogP contribution in [0, 0.1) is 0 Å². The van der Waals surface area contributed by atoms with Crippen LogP contribution in [0.4, 0.5) is 0 Å². The summed E-state index contributed by atoms with van der Waals surface area (Å²) >= 11 is 0. The van der Waals surface area contributed by atoms with Gasteiger partial charge in [-0.25, -0.2) is 0 Å². The summed E-state index contributed by atoms with van der Waals surface area (Å²) in [6.45, 7) is 3.71. The smallest absolute Gasteiger partial charge is 0.187 e. The lowest BCUT2D eigenvalue weighted by Crippen LogP contribution is -2.69. The van der Waals surface area contributed by atoms with E-state index >= 15 is 0 Å². The Kier molecular flexibility index (Phi) is 17.7. The molecule has 0 spiro atoms. The fourth-order valence-corrected chi connectivity index (χ4v) is 8.43. The molecule has 0 radical (unpaired) electrons. The zero-order valence-electron chi connectivity index (χ0n) is 35.3. The van der Waals surface area contributed by atoms with Crippen molar-refractivity contribution in [1.29, 1.82) is 0 Å². The molecule has 30 atom stereocenters. The number of hydrogen-bond donors (Lipinski definition) is 15. The van der Waals surface area contributed by atoms with Crippen molar-refractivity contribution in [1.82, 2.24) is 0 Å². The molecule has 6 aliphatic rings. The minimum Gasteiger partial charge on any atom is -0.394 e. The van der Waals surface area contributed by atoms with E-state index in [0.29, 0.717) is 0 Å². The van der Waals surface area contributed by atoms with Crippen LogP contribution in [0.2, 0.25) is 0 Å². The minimum absolute atomic E-state index is 0.864. The van der Waals surface area contributed by atoms with Gasteiger partial charge in [0.2, 0.25) is 0 Å². The van der Waals surface area contributed by atoms with Crippen molar-refractivity contribution in [2.45, 2.75) is 212 Å². The Morgan fingerprint density at radius 2 is 0.609 bits per heavy atom. The van der Waals surface area contributed by atoms with Gasteiger partial charge in [0, 0.05) is 7.11 Å². The van der Waals surface area contributed by atoms with Gasteiger partial charge in [0.1, 0.15) is 122 Å². The summed E-state index contributed by atoms with van der Waals surface area (Å²) in [5, 5.41) is 161. The molecule has 6 fully saturated rings. The molecule has 0 saturated carbocycles. The summed E-state index contributed by atoms with van der Waals surface area (Å²) in [7, 11) is 1.21. The molecule has 0 aromatic heterocycles. The third kappa shape index (κ3) is 10.4. The summed E-state index contributed by atoms with van der Waals surface area (Å²) in [5.74, 6) is 0. The van der Waals surface area contributed by atoms with Crippen LogP contribution >= 0.6 is 0 Å². The Morgan fingerprint density at radius 1 is 0.297 bits per heavy atom. The lowest BCUT2D eigenvalue weighted by Gasteiger charge is -2.51. The van der Waals surface area contributed by atoms with E-state index in [9.17, 15) is 76.6 Å². The van der Waals surface area contributed by atoms with Gasteiger partial charge in [0.05, 0.1) is 37.6 Å². The molecule has 27 heteroatoms. The number of hydrogen-bond acceptors (Lipinski definition) is 27. The molecular weight excluding hydrogens is 876 g/mol. The fourth-order valence-electron chi connectivity index (χ4n) is 8.43. The highest BCUT2D eigenvalue weighted by Crippen LogP contribution is 2.38. The summed E-state index contributed by atoms with van der Waals surface area (Å²) in [4.78, 5) is 0. The largest absolute Gasteiger partial charge is 0.394 e. The maximum atomic E-state index is 12.1. The molecule has 6 rings (SSSR count). The van der Waals surface area contributed by atoms with Crippen molar-refractivity contribution >= 4 is 0 Å². The first-order valence-corrected chi connectivity index (χ1v) is 20.9. The molecule has 0 aromatic rings. The summed E-state index contributed by atoms with van der Waals surface area (Å²) in [6, 6.07) is 0. The van der Waals surface area contributed by atoms with Crippen LogP contribution in [0.15, 0.2) is 0 Å². The molecule has 0 aromatic carbocycles. The third-order valence-electron chi connectivity index (χ3n) is 12.5. The minimum atomic E-state index is -2.16. The highest BCUT2D eigenvalue weighted by Gasteiger charge is 2.58. The molecule has 6 saturated heterocycles. The molecular formula is C37H64O27. The lowest BCUT2D eigenvalue weighted by atomic mass is 9.95. The van der Waals surface area contributed by atoms with Gasteiger partial charge in [0.15, 0.2) is 37.7 Å². The van der Waals surface area contributed by atoms with E-state index in [4.69, 9.17) is 56.8 Å². The van der Waals surface area contributed by atoms with Gasteiger partial charge in [-0.3, -0.25) is 0 Å². The van der Waals surface area contributed by atoms with E-state index in [1.54, 1.807) is 0 Å². The number of ether oxygens (including phenoxy) is 12. The molecule has 0 aliphatic carbocycles. The normalized spacial score (nSPS) is 55.3. The van der Waals surface area contributed by atoms with Gasteiger partial charge >= 0.3 is 0 Å². The number of rotatable bonds is 13. The van der Waals surface area contributed by atoms with E-state index in [0.717, 1.165) is 0 Å². The number of aliphatic hydroxyl groups excluding tert-OH is 15. The van der Waals surface area contributed by atoms with E-state index in [-0.39, 0.29) is 0 Å². The summed E-state index contributed by atoms with van der Waals surface area (Å²) < 4.78 is 69.8. The van der Waals surface area contributed by atoms with Crippen molar-refractivity contribution in [3.8, 4) is 0 Å². The molecule has 0 bridgehead atoms. The average Bonchev–Trinajstić information content (AvgIpc) is 3.27. The van der Waals surface area contributed by atoms with Crippen molar-refractivity contribution in [2.75, 3.05) is 20.3 Å². The molecule has 0 amide bonds. The molecule has 374 valence electrons. The quantitative estimate of drug-likeness (QED) is 0.0815. The van der Waals surface area contributed by atoms with E-state index in [1.165, 1.54) is 34.8 Å². The summed E-state index contributed by atoms with van der Waals surface area (Å²) in [5.41, 5.74) is 0. The lowest BCUT2D eigenvalue weighted by molar-refractivity contribution is -0.413. The fraction of sp³-hybridized carbons (Fsp3) is 1.00. The van der Waals surface area contributed by atoms with Crippen LogP contribution < -0.4 is 0 Å². The zero-order valence-corrected chi connectivity index (χ0v) is 35.3. The zero-order chi connectivity index (χ0) is 47.2. The van der Waals surface area contributed by atoms with Gasteiger partial charge < -0.3 is 133 Å². The Morgan fingerprint density at radius 3 is 1.03 bits per heavy atom. The van der Waals surface area contributed by atoms with Crippen LogP contribution in [-0.4, -0.2) is 281 Å². The Hall–Kier alpha value is -1.08. The molecule has 27 nitrogen and oxygen atoms in total. The van der Waals surface area contributed by atoms with Gasteiger partial charge in [-0.15, -0.1) is 0 Å². The predicted octanol–water partition coefficient (Wildman–Crippen LogP) is -9.34. The average molecular weight is 941 g/mol. The van der Waals surface area contributed by atoms with Crippen LogP contribution in [0.5, 0.6) is 0 Å². The van der Waals surface area contributed by atoms with E-state index in [1.807, 2.05) is 0 Å². The first-order chi connectivity index (χ1) is 30.1. The number of aliphatic hydroxyl groups is 15. The van der Waals surface area contributed by atoms with Gasteiger partial charge in [-0.2, -0.15) is 0 Å². The second kappa shape index (κ2) is 21.7. The first-order valence-electron chi connectivity index (χ1n) is 20.9. The maximum absolute atomic E-state index is 12.1.